The quantitative estimate of drug-likeness (QED) is 0.610. The normalized spacial score (nSPS) is 14.6. The van der Waals surface area contributed by atoms with Gasteiger partial charge in [-0.15, -0.1) is 0 Å². The van der Waals surface area contributed by atoms with Crippen molar-refractivity contribution in [1.29, 1.82) is 0 Å². The van der Waals surface area contributed by atoms with Crippen LogP contribution in [0.4, 0.5) is 11.4 Å². The van der Waals surface area contributed by atoms with Gasteiger partial charge in [-0.1, -0.05) is 0 Å². The number of carbonyl (C=O) groups excluding carboxylic acids is 3. The first-order valence-corrected chi connectivity index (χ1v) is 9.62. The zero-order valence-electron chi connectivity index (χ0n) is 16.4. The lowest BCUT2D eigenvalue weighted by atomic mass is 9.97. The zero-order chi connectivity index (χ0) is 19.8. The molecular weight excluding hydrogens is 346 g/mol. The van der Waals surface area contributed by atoms with Crippen LogP contribution in [0, 0.1) is 5.92 Å². The molecule has 0 unspecified atom stereocenters. The average molecular weight is 375 g/mol. The standard InChI is InChI=1S/C20H29N3O4/c1-4-22(5-2)17-9-7-16(8-10-17)21-18(24)19(25)23-13-11-15(12-14-23)20(26)27-6-3/h7-10,15H,4-6,11-14H2,1-3H3,(H,21,24). The van der Waals surface area contributed by atoms with Crippen molar-refractivity contribution in [2.45, 2.75) is 33.6 Å². The summed E-state index contributed by atoms with van der Waals surface area (Å²) in [5.41, 5.74) is 1.66. The van der Waals surface area contributed by atoms with Crippen LogP contribution in [0.3, 0.4) is 0 Å². The maximum Gasteiger partial charge on any atom is 0.313 e. The minimum Gasteiger partial charge on any atom is -0.466 e. The molecule has 1 fully saturated rings. The molecule has 1 aliphatic rings. The predicted octanol–water partition coefficient (Wildman–Crippen LogP) is 2.27. The van der Waals surface area contributed by atoms with Crippen LogP contribution in [0.5, 0.6) is 0 Å². The lowest BCUT2D eigenvalue weighted by Crippen LogP contribution is -2.45. The molecule has 0 aliphatic carbocycles. The molecule has 2 rings (SSSR count). The first kappa shape index (κ1) is 20.7. The van der Waals surface area contributed by atoms with E-state index >= 15 is 0 Å². The number of piperidine rings is 1. The SMILES string of the molecule is CCOC(=O)C1CCN(C(=O)C(=O)Nc2ccc(N(CC)CC)cc2)CC1. The Kier molecular flexibility index (Phi) is 7.64. The van der Waals surface area contributed by atoms with E-state index in [2.05, 4.69) is 24.1 Å². The first-order chi connectivity index (χ1) is 13.0. The molecule has 0 saturated carbocycles. The summed E-state index contributed by atoms with van der Waals surface area (Å²) in [6.07, 6.45) is 1.05. The number of anilines is 2. The molecule has 1 saturated heterocycles. The molecule has 148 valence electrons. The Hall–Kier alpha value is -2.57. The van der Waals surface area contributed by atoms with Crippen LogP contribution in [0.2, 0.25) is 0 Å². The van der Waals surface area contributed by atoms with Gasteiger partial charge in [0.2, 0.25) is 0 Å². The lowest BCUT2D eigenvalue weighted by Gasteiger charge is -2.30. The number of likely N-dealkylation sites (tertiary alicyclic amines) is 1. The molecule has 7 heteroatoms. The van der Waals surface area contributed by atoms with Gasteiger partial charge in [0.25, 0.3) is 0 Å². The molecule has 0 spiro atoms. The van der Waals surface area contributed by atoms with Crippen LogP contribution in [0.25, 0.3) is 0 Å². The third-order valence-corrected chi connectivity index (χ3v) is 4.85. The van der Waals surface area contributed by atoms with Crippen LogP contribution in [-0.2, 0) is 19.1 Å². The van der Waals surface area contributed by atoms with Crippen LogP contribution in [-0.4, -0.2) is 55.5 Å². The van der Waals surface area contributed by atoms with Crippen LogP contribution < -0.4 is 10.2 Å². The van der Waals surface area contributed by atoms with E-state index in [1.54, 1.807) is 19.1 Å². The summed E-state index contributed by atoms with van der Waals surface area (Å²) in [7, 11) is 0. The van der Waals surface area contributed by atoms with E-state index in [-0.39, 0.29) is 11.9 Å². The molecule has 0 aromatic heterocycles. The number of ether oxygens (including phenoxy) is 1. The molecule has 2 amide bonds. The van der Waals surface area contributed by atoms with Crippen LogP contribution in [0.1, 0.15) is 33.6 Å². The topological polar surface area (TPSA) is 78.9 Å². The van der Waals surface area contributed by atoms with Crippen molar-refractivity contribution in [3.05, 3.63) is 24.3 Å². The number of nitrogens with zero attached hydrogens (tertiary/aromatic N) is 2. The molecule has 7 nitrogen and oxygen atoms in total. The molecule has 1 N–H and O–H groups in total. The fraction of sp³-hybridized carbons (Fsp3) is 0.550. The smallest absolute Gasteiger partial charge is 0.313 e. The van der Waals surface area contributed by atoms with Crippen molar-refractivity contribution >= 4 is 29.2 Å². The molecule has 1 heterocycles. The summed E-state index contributed by atoms with van der Waals surface area (Å²) in [5, 5.41) is 2.66. The molecule has 0 bridgehead atoms. The van der Waals surface area contributed by atoms with Crippen molar-refractivity contribution in [2.24, 2.45) is 5.92 Å². The van der Waals surface area contributed by atoms with Gasteiger partial charge in [0.1, 0.15) is 0 Å². The highest BCUT2D eigenvalue weighted by molar-refractivity contribution is 6.39. The number of esters is 1. The number of hydrogen-bond donors (Lipinski definition) is 1. The number of nitrogens with one attached hydrogen (secondary N) is 1. The summed E-state index contributed by atoms with van der Waals surface area (Å²) in [4.78, 5) is 40.1. The average Bonchev–Trinajstić information content (AvgIpc) is 2.70. The van der Waals surface area contributed by atoms with E-state index in [1.165, 1.54) is 4.90 Å². The Bertz CT molecular complexity index is 648. The fourth-order valence-electron chi connectivity index (χ4n) is 3.25. The van der Waals surface area contributed by atoms with Crippen LogP contribution >= 0.6 is 0 Å². The summed E-state index contributed by atoms with van der Waals surface area (Å²) < 4.78 is 5.02. The van der Waals surface area contributed by atoms with Gasteiger partial charge in [0.05, 0.1) is 12.5 Å². The predicted molar refractivity (Wildman–Crippen MR) is 105 cm³/mol. The maximum atomic E-state index is 12.4. The monoisotopic (exact) mass is 375 g/mol. The van der Waals surface area contributed by atoms with E-state index in [1.807, 2.05) is 12.1 Å². The second-order valence-electron chi connectivity index (χ2n) is 6.49. The lowest BCUT2D eigenvalue weighted by molar-refractivity contribution is -0.152. The third kappa shape index (κ3) is 5.45. The summed E-state index contributed by atoms with van der Waals surface area (Å²) in [6, 6.07) is 7.45. The minimum absolute atomic E-state index is 0.190. The first-order valence-electron chi connectivity index (χ1n) is 9.62. The molecular formula is C20H29N3O4. The molecule has 27 heavy (non-hydrogen) atoms. The number of rotatable bonds is 6. The third-order valence-electron chi connectivity index (χ3n) is 4.85. The van der Waals surface area contributed by atoms with E-state index in [9.17, 15) is 14.4 Å². The van der Waals surface area contributed by atoms with Gasteiger partial charge in [0, 0.05) is 37.6 Å². The largest absolute Gasteiger partial charge is 0.466 e. The molecule has 1 aromatic carbocycles. The zero-order valence-corrected chi connectivity index (χ0v) is 16.4. The Morgan fingerprint density at radius 3 is 2.19 bits per heavy atom. The Morgan fingerprint density at radius 2 is 1.67 bits per heavy atom. The van der Waals surface area contributed by atoms with E-state index < -0.39 is 11.8 Å². The highest BCUT2D eigenvalue weighted by Gasteiger charge is 2.30. The van der Waals surface area contributed by atoms with Gasteiger partial charge in [-0.25, -0.2) is 0 Å². The van der Waals surface area contributed by atoms with Gasteiger partial charge in [0.15, 0.2) is 0 Å². The fourth-order valence-corrected chi connectivity index (χ4v) is 3.25. The Labute approximate surface area is 160 Å². The second kappa shape index (κ2) is 9.94. The summed E-state index contributed by atoms with van der Waals surface area (Å²) >= 11 is 0. The van der Waals surface area contributed by atoms with Crippen molar-refractivity contribution in [1.82, 2.24) is 4.90 Å². The van der Waals surface area contributed by atoms with Gasteiger partial charge < -0.3 is 19.9 Å². The number of amides is 2. The molecule has 1 aromatic rings. The van der Waals surface area contributed by atoms with E-state index in [0.29, 0.717) is 38.2 Å². The Morgan fingerprint density at radius 1 is 1.07 bits per heavy atom. The highest BCUT2D eigenvalue weighted by atomic mass is 16.5. The van der Waals surface area contributed by atoms with E-state index in [0.717, 1.165) is 18.8 Å². The Balaban J connectivity index is 1.87. The van der Waals surface area contributed by atoms with Gasteiger partial charge in [-0.3, -0.25) is 14.4 Å². The minimum atomic E-state index is -0.653. The maximum absolute atomic E-state index is 12.4. The number of carbonyl (C=O) groups is 3. The van der Waals surface area contributed by atoms with Crippen molar-refractivity contribution in [2.75, 3.05) is 43.0 Å². The van der Waals surface area contributed by atoms with Crippen molar-refractivity contribution < 1.29 is 19.1 Å². The van der Waals surface area contributed by atoms with Gasteiger partial charge in [-0.05, 0) is 57.9 Å². The summed E-state index contributed by atoms with van der Waals surface area (Å²) in [5.74, 6) is -1.63. The van der Waals surface area contributed by atoms with Crippen molar-refractivity contribution in [3.63, 3.8) is 0 Å². The molecule has 0 atom stereocenters. The van der Waals surface area contributed by atoms with Crippen molar-refractivity contribution in [3.8, 4) is 0 Å². The number of hydrogen-bond acceptors (Lipinski definition) is 5. The number of benzene rings is 1. The van der Waals surface area contributed by atoms with Gasteiger partial charge >= 0.3 is 17.8 Å². The molecule has 0 radical (unpaired) electrons. The van der Waals surface area contributed by atoms with Gasteiger partial charge in [-0.2, -0.15) is 0 Å². The van der Waals surface area contributed by atoms with Crippen LogP contribution in [0.15, 0.2) is 24.3 Å². The van der Waals surface area contributed by atoms with E-state index in [4.69, 9.17) is 4.74 Å². The second-order valence-corrected chi connectivity index (χ2v) is 6.49. The summed E-state index contributed by atoms with van der Waals surface area (Å²) in [6.45, 7) is 8.88. The highest BCUT2D eigenvalue weighted by Crippen LogP contribution is 2.20. The molecule has 1 aliphatic heterocycles.